The number of hydrogen-bond donors (Lipinski definition) is 0. The van der Waals surface area contributed by atoms with E-state index >= 15 is 0 Å². The molecule has 1 saturated heterocycles. The number of carbonyl (C=O) groups is 1. The first-order chi connectivity index (χ1) is 5.59. The Morgan fingerprint density at radius 3 is 2.75 bits per heavy atom. The molecule has 0 aliphatic carbocycles. The zero-order chi connectivity index (χ0) is 9.14. The van der Waals surface area contributed by atoms with Crippen LogP contribution in [0.2, 0.25) is 0 Å². The minimum atomic E-state index is -1.97. The van der Waals surface area contributed by atoms with Crippen LogP contribution >= 0.6 is 8.03 Å². The third-order valence-corrected chi connectivity index (χ3v) is 2.48. The van der Waals surface area contributed by atoms with Crippen LogP contribution in [0.1, 0.15) is 13.8 Å². The fourth-order valence-corrected chi connectivity index (χ4v) is 1.62. The third kappa shape index (κ3) is 2.43. The lowest BCUT2D eigenvalue weighted by atomic mass is 10.5. The zero-order valence-corrected chi connectivity index (χ0v) is 7.74. The summed E-state index contributed by atoms with van der Waals surface area (Å²) >= 11 is 0. The predicted octanol–water partition coefficient (Wildman–Crippen LogP) is 1.65. The third-order valence-electron chi connectivity index (χ3n) is 1.13. The molecule has 0 amide bonds. The van der Waals surface area contributed by atoms with E-state index in [0.29, 0.717) is 0 Å². The lowest BCUT2D eigenvalue weighted by Gasteiger charge is -1.95. The molecule has 1 fully saturated rings. The van der Waals surface area contributed by atoms with Crippen LogP contribution in [0, 0.1) is 0 Å². The van der Waals surface area contributed by atoms with Gasteiger partial charge in [-0.05, 0) is 18.4 Å². The normalized spacial score (nSPS) is 23.8. The van der Waals surface area contributed by atoms with Gasteiger partial charge >= 0.3 is 20.0 Å². The van der Waals surface area contributed by atoms with Crippen LogP contribution in [-0.4, -0.2) is 24.7 Å². The molecule has 1 rings (SSSR count). The SMILES string of the molecule is CC(C)O[P+](=O)C1COC(=O)O1. The second-order valence-corrected chi connectivity index (χ2v) is 3.93. The summed E-state index contributed by atoms with van der Waals surface area (Å²) in [6.07, 6.45) is -0.927. The van der Waals surface area contributed by atoms with Gasteiger partial charge in [0.15, 0.2) is 6.61 Å². The fraction of sp³-hybridized carbons (Fsp3) is 0.833. The minimum absolute atomic E-state index is 0.0146. The van der Waals surface area contributed by atoms with Crippen molar-refractivity contribution in [3.63, 3.8) is 0 Å². The summed E-state index contributed by atoms with van der Waals surface area (Å²) in [7, 11) is -1.97. The Morgan fingerprint density at radius 1 is 1.67 bits per heavy atom. The van der Waals surface area contributed by atoms with Crippen LogP contribution in [0.4, 0.5) is 4.79 Å². The van der Waals surface area contributed by atoms with Gasteiger partial charge < -0.3 is 9.47 Å². The van der Waals surface area contributed by atoms with Crippen molar-refractivity contribution in [2.75, 3.05) is 6.61 Å². The van der Waals surface area contributed by atoms with Crippen LogP contribution in [0.5, 0.6) is 0 Å². The maximum atomic E-state index is 11.2. The molecule has 0 aromatic carbocycles. The topological polar surface area (TPSA) is 61.8 Å². The van der Waals surface area contributed by atoms with Crippen molar-refractivity contribution in [3.8, 4) is 0 Å². The van der Waals surface area contributed by atoms with Crippen molar-refractivity contribution < 1.29 is 23.4 Å². The summed E-state index contributed by atoms with van der Waals surface area (Å²) < 4.78 is 25.1. The summed E-state index contributed by atoms with van der Waals surface area (Å²) in [6, 6.07) is 0. The molecular weight excluding hydrogens is 183 g/mol. The van der Waals surface area contributed by atoms with Gasteiger partial charge in [-0.1, -0.05) is 0 Å². The van der Waals surface area contributed by atoms with Crippen LogP contribution < -0.4 is 0 Å². The molecule has 1 aliphatic rings. The van der Waals surface area contributed by atoms with Crippen molar-refractivity contribution in [2.24, 2.45) is 0 Å². The quantitative estimate of drug-likeness (QED) is 0.503. The van der Waals surface area contributed by atoms with E-state index in [1.54, 1.807) is 13.8 Å². The smallest absolute Gasteiger partial charge is 0.425 e. The average molecular weight is 193 g/mol. The van der Waals surface area contributed by atoms with Gasteiger partial charge in [0.1, 0.15) is 6.10 Å². The molecule has 12 heavy (non-hydrogen) atoms. The molecule has 0 bridgehead atoms. The number of cyclic esters (lactones) is 2. The Labute approximate surface area is 70.9 Å². The van der Waals surface area contributed by atoms with E-state index in [0.717, 1.165) is 0 Å². The first kappa shape index (κ1) is 9.42. The molecule has 0 radical (unpaired) electrons. The van der Waals surface area contributed by atoms with Crippen molar-refractivity contribution in [1.29, 1.82) is 0 Å². The highest BCUT2D eigenvalue weighted by molar-refractivity contribution is 7.39. The van der Waals surface area contributed by atoms with E-state index in [4.69, 9.17) is 4.52 Å². The van der Waals surface area contributed by atoms with Crippen LogP contribution in [0.3, 0.4) is 0 Å². The van der Waals surface area contributed by atoms with E-state index in [2.05, 4.69) is 9.47 Å². The highest BCUT2D eigenvalue weighted by atomic mass is 31.1. The lowest BCUT2D eigenvalue weighted by molar-refractivity contribution is 0.125. The van der Waals surface area contributed by atoms with Gasteiger partial charge in [-0.2, -0.15) is 0 Å². The van der Waals surface area contributed by atoms with Crippen LogP contribution in [-0.2, 0) is 18.6 Å². The van der Waals surface area contributed by atoms with E-state index in [9.17, 15) is 9.36 Å². The molecule has 5 nitrogen and oxygen atoms in total. The van der Waals surface area contributed by atoms with E-state index in [1.807, 2.05) is 0 Å². The number of rotatable bonds is 3. The average Bonchev–Trinajstić information content (AvgIpc) is 2.34. The summed E-state index contributed by atoms with van der Waals surface area (Å²) in [4.78, 5) is 10.4. The summed E-state index contributed by atoms with van der Waals surface area (Å²) in [6.45, 7) is 3.52. The lowest BCUT2D eigenvalue weighted by Crippen LogP contribution is -2.08. The Bertz CT molecular complexity index is 202. The standard InChI is InChI=1S/C6H10O5P/c1-4(2)11-12(8)5-3-9-6(7)10-5/h4-5H,3H2,1-2H3/q+1. The van der Waals surface area contributed by atoms with Crippen molar-refractivity contribution in [1.82, 2.24) is 0 Å². The molecule has 0 saturated carbocycles. The molecule has 1 heterocycles. The molecule has 2 atom stereocenters. The zero-order valence-electron chi connectivity index (χ0n) is 6.85. The highest BCUT2D eigenvalue weighted by Gasteiger charge is 2.43. The van der Waals surface area contributed by atoms with Crippen LogP contribution in [0.15, 0.2) is 0 Å². The van der Waals surface area contributed by atoms with E-state index in [1.165, 1.54) is 0 Å². The van der Waals surface area contributed by atoms with Gasteiger partial charge in [-0.15, -0.1) is 4.52 Å². The van der Waals surface area contributed by atoms with Crippen LogP contribution in [0.25, 0.3) is 0 Å². The molecule has 68 valence electrons. The van der Waals surface area contributed by atoms with Gasteiger partial charge in [-0.25, -0.2) is 4.79 Å². The second-order valence-electron chi connectivity index (χ2n) is 2.57. The van der Waals surface area contributed by atoms with Crippen molar-refractivity contribution >= 4 is 14.2 Å². The van der Waals surface area contributed by atoms with Gasteiger partial charge in [0.25, 0.3) is 0 Å². The van der Waals surface area contributed by atoms with Crippen molar-refractivity contribution in [2.45, 2.75) is 25.8 Å². The molecule has 0 spiro atoms. The van der Waals surface area contributed by atoms with Crippen molar-refractivity contribution in [3.05, 3.63) is 0 Å². The predicted molar refractivity (Wildman–Crippen MR) is 40.0 cm³/mol. The molecule has 6 heteroatoms. The maximum absolute atomic E-state index is 11.2. The van der Waals surface area contributed by atoms with Gasteiger partial charge in [0, 0.05) is 0 Å². The number of ether oxygens (including phenoxy) is 2. The molecule has 2 unspecified atom stereocenters. The number of carbonyl (C=O) groups excluding carboxylic acids is 1. The second kappa shape index (κ2) is 3.83. The molecule has 0 N–H and O–H groups in total. The first-order valence-electron chi connectivity index (χ1n) is 3.56. The van der Waals surface area contributed by atoms with Gasteiger partial charge in [0.05, 0.1) is 0 Å². The molecule has 1 aliphatic heterocycles. The minimum Gasteiger partial charge on any atom is -0.425 e. The van der Waals surface area contributed by atoms with E-state index < -0.39 is 20.0 Å². The maximum Gasteiger partial charge on any atom is 0.557 e. The Morgan fingerprint density at radius 2 is 2.33 bits per heavy atom. The summed E-state index contributed by atoms with van der Waals surface area (Å²) in [5, 5.41) is 0. The largest absolute Gasteiger partial charge is 0.557 e. The Kier molecular flexibility index (Phi) is 3.00. The summed E-state index contributed by atoms with van der Waals surface area (Å²) in [5.41, 5.74) is 0. The Hall–Kier alpha value is -0.670. The fourth-order valence-electron chi connectivity index (χ4n) is 0.698. The highest BCUT2D eigenvalue weighted by Crippen LogP contribution is 2.34. The van der Waals surface area contributed by atoms with Gasteiger partial charge in [-0.3, -0.25) is 0 Å². The monoisotopic (exact) mass is 193 g/mol. The molecule has 0 aromatic heterocycles. The molecule has 0 aromatic rings. The van der Waals surface area contributed by atoms with E-state index in [-0.39, 0.29) is 12.7 Å². The number of hydrogen-bond acceptors (Lipinski definition) is 5. The molecular formula is C6H10O5P+. The Balaban J connectivity index is 2.38. The summed E-state index contributed by atoms with van der Waals surface area (Å²) in [5.74, 6) is -0.741. The first-order valence-corrected chi connectivity index (χ1v) is 4.81. The van der Waals surface area contributed by atoms with Gasteiger partial charge in [0.2, 0.25) is 0 Å².